The van der Waals surface area contributed by atoms with Gasteiger partial charge in [-0.05, 0) is 0 Å². The van der Waals surface area contributed by atoms with Crippen LogP contribution in [0.4, 0.5) is 0 Å². The molecule has 0 aromatic carbocycles. The highest BCUT2D eigenvalue weighted by Crippen LogP contribution is 1.81. The second-order valence-electron chi connectivity index (χ2n) is 2.61. The van der Waals surface area contributed by atoms with Crippen LogP contribution in [0.15, 0.2) is 10.3 Å². The molecule has 0 aromatic heterocycles. The lowest BCUT2D eigenvalue weighted by Gasteiger charge is -2.05. The molecular weight excluding hydrogens is 200 g/mol. The summed E-state index contributed by atoms with van der Waals surface area (Å²) in [6.45, 7) is 4.32. The molecule has 0 fully saturated rings. The lowest BCUT2D eigenvalue weighted by Crippen LogP contribution is -2.13. The van der Waals surface area contributed by atoms with E-state index in [0.29, 0.717) is 52.7 Å². The topological polar surface area (TPSA) is 104 Å². The third-order valence-electron chi connectivity index (χ3n) is 1.42. The van der Waals surface area contributed by atoms with E-state index in [0.717, 1.165) is 0 Å². The minimum Gasteiger partial charge on any atom is -0.378 e. The van der Waals surface area contributed by atoms with Crippen molar-refractivity contribution in [3.8, 4) is 0 Å². The maximum atomic E-state index is 5.24. The van der Waals surface area contributed by atoms with Gasteiger partial charge in [-0.1, -0.05) is 5.22 Å². The normalized spacial score (nSPS) is 11.3. The zero-order valence-corrected chi connectivity index (χ0v) is 8.93. The molecule has 7 nitrogen and oxygen atoms in total. The zero-order valence-electron chi connectivity index (χ0n) is 8.93. The molecule has 15 heavy (non-hydrogen) atoms. The number of hydrogen-bond donors (Lipinski definition) is 2. The van der Waals surface area contributed by atoms with Crippen LogP contribution < -0.4 is 11.6 Å². The van der Waals surface area contributed by atoms with Crippen molar-refractivity contribution in [3.05, 3.63) is 0 Å². The molecular formula is C8H20N4O3. The van der Waals surface area contributed by atoms with Crippen molar-refractivity contribution in [3.63, 3.8) is 0 Å². The van der Waals surface area contributed by atoms with Gasteiger partial charge in [-0.25, -0.2) is 0 Å². The third-order valence-corrected chi connectivity index (χ3v) is 1.42. The quantitative estimate of drug-likeness (QED) is 0.208. The minimum atomic E-state index is 0.482. The molecule has 0 atom stereocenters. The lowest BCUT2D eigenvalue weighted by atomic mass is 10.7. The highest BCUT2D eigenvalue weighted by molar-refractivity contribution is 4.37. The summed E-state index contributed by atoms with van der Waals surface area (Å²) in [5.41, 5.74) is 5.24. The summed E-state index contributed by atoms with van der Waals surface area (Å²) >= 11 is 0. The Morgan fingerprint density at radius 2 is 1.33 bits per heavy atom. The van der Waals surface area contributed by atoms with Crippen LogP contribution >= 0.6 is 0 Å². The first-order chi connectivity index (χ1) is 7.41. The molecule has 0 saturated carbocycles. The second kappa shape index (κ2) is 13.2. The van der Waals surface area contributed by atoms with Crippen LogP contribution in [0.1, 0.15) is 0 Å². The summed E-state index contributed by atoms with van der Waals surface area (Å²) < 4.78 is 15.5. The van der Waals surface area contributed by atoms with Gasteiger partial charge in [0.15, 0.2) is 0 Å². The van der Waals surface area contributed by atoms with Gasteiger partial charge >= 0.3 is 0 Å². The summed E-state index contributed by atoms with van der Waals surface area (Å²) in [6.07, 6.45) is 0. The van der Waals surface area contributed by atoms with Crippen LogP contribution in [-0.2, 0) is 14.2 Å². The van der Waals surface area contributed by atoms with Crippen molar-refractivity contribution in [1.82, 2.24) is 0 Å². The lowest BCUT2D eigenvalue weighted by molar-refractivity contribution is 0.0174. The van der Waals surface area contributed by atoms with Gasteiger partial charge < -0.3 is 25.8 Å². The number of ether oxygens (including phenoxy) is 3. The van der Waals surface area contributed by atoms with Crippen molar-refractivity contribution in [2.75, 3.05) is 52.7 Å². The maximum Gasteiger partial charge on any atom is 0.0854 e. The van der Waals surface area contributed by atoms with Gasteiger partial charge in [-0.3, -0.25) is 0 Å². The number of nitrogens with zero attached hydrogens (tertiary/aromatic N) is 2. The van der Waals surface area contributed by atoms with Gasteiger partial charge in [0.05, 0.1) is 46.2 Å². The molecule has 7 heteroatoms. The Labute approximate surface area is 89.7 Å². The fourth-order valence-electron chi connectivity index (χ4n) is 0.788. The van der Waals surface area contributed by atoms with Crippen LogP contribution in [0, 0.1) is 0 Å². The van der Waals surface area contributed by atoms with Gasteiger partial charge in [-0.15, -0.1) is 0 Å². The molecule has 0 rings (SSSR count). The van der Waals surface area contributed by atoms with Crippen molar-refractivity contribution < 1.29 is 14.2 Å². The summed E-state index contributed by atoms with van der Waals surface area (Å²) in [7, 11) is 0. The highest BCUT2D eigenvalue weighted by atomic mass is 16.5. The van der Waals surface area contributed by atoms with Gasteiger partial charge in [0.1, 0.15) is 0 Å². The van der Waals surface area contributed by atoms with E-state index >= 15 is 0 Å². The van der Waals surface area contributed by atoms with Crippen molar-refractivity contribution in [2.24, 2.45) is 21.9 Å². The molecule has 0 heterocycles. The summed E-state index contributed by atoms with van der Waals surface area (Å²) in [6, 6.07) is 0. The van der Waals surface area contributed by atoms with Crippen LogP contribution in [0.2, 0.25) is 0 Å². The molecule has 0 radical (unpaired) electrons. The number of rotatable bonds is 11. The molecule has 4 N–H and O–H groups in total. The molecule has 0 bridgehead atoms. The molecule has 0 aliphatic rings. The SMILES string of the molecule is NCCOCCOCCOCCN=NN. The van der Waals surface area contributed by atoms with E-state index in [-0.39, 0.29) is 0 Å². The number of nitrogens with two attached hydrogens (primary N) is 2. The standard InChI is InChI=1S/C8H20N4O3/c9-1-3-13-5-7-15-8-6-14-4-2-11-12-10/h1-9H2,(H2,10,11). The van der Waals surface area contributed by atoms with Gasteiger partial charge in [0.2, 0.25) is 0 Å². The fraction of sp³-hybridized carbons (Fsp3) is 1.00. The van der Waals surface area contributed by atoms with Gasteiger partial charge in [0.25, 0.3) is 0 Å². The van der Waals surface area contributed by atoms with E-state index in [1.165, 1.54) is 0 Å². The maximum absolute atomic E-state index is 5.24. The Morgan fingerprint density at radius 1 is 0.800 bits per heavy atom. The predicted octanol–water partition coefficient (Wildman–Crippen LogP) is -0.679. The van der Waals surface area contributed by atoms with Crippen molar-refractivity contribution >= 4 is 0 Å². The zero-order chi connectivity index (χ0) is 11.2. The number of hydrogen-bond acceptors (Lipinski definition) is 6. The second-order valence-corrected chi connectivity index (χ2v) is 2.61. The van der Waals surface area contributed by atoms with E-state index in [2.05, 4.69) is 10.3 Å². The van der Waals surface area contributed by atoms with Crippen LogP contribution in [0.25, 0.3) is 0 Å². The molecule has 0 aromatic rings. The summed E-state index contributed by atoms with van der Waals surface area (Å²) in [5.74, 6) is 4.80. The van der Waals surface area contributed by atoms with Crippen molar-refractivity contribution in [1.29, 1.82) is 0 Å². The monoisotopic (exact) mass is 220 g/mol. The van der Waals surface area contributed by atoms with E-state index in [4.69, 9.17) is 25.8 Å². The Bertz CT molecular complexity index is 146. The Balaban J connectivity index is 2.86. The van der Waals surface area contributed by atoms with Gasteiger partial charge in [-0.2, -0.15) is 5.11 Å². The summed E-state index contributed by atoms with van der Waals surface area (Å²) in [5, 5.41) is 6.64. The Morgan fingerprint density at radius 3 is 1.87 bits per heavy atom. The fourth-order valence-corrected chi connectivity index (χ4v) is 0.788. The Kier molecular flexibility index (Phi) is 12.6. The molecule has 0 saturated heterocycles. The largest absolute Gasteiger partial charge is 0.378 e. The summed E-state index contributed by atoms with van der Waals surface area (Å²) in [4.78, 5) is 0. The highest BCUT2D eigenvalue weighted by Gasteiger charge is 1.90. The van der Waals surface area contributed by atoms with E-state index in [1.807, 2.05) is 0 Å². The van der Waals surface area contributed by atoms with Gasteiger partial charge in [0, 0.05) is 6.54 Å². The molecule has 0 aliphatic heterocycles. The predicted molar refractivity (Wildman–Crippen MR) is 55.4 cm³/mol. The first-order valence-corrected chi connectivity index (χ1v) is 4.91. The molecule has 0 spiro atoms. The van der Waals surface area contributed by atoms with Crippen LogP contribution in [0.3, 0.4) is 0 Å². The minimum absolute atomic E-state index is 0.482. The average molecular weight is 220 g/mol. The molecule has 90 valence electrons. The van der Waals surface area contributed by atoms with E-state index in [1.54, 1.807) is 0 Å². The van der Waals surface area contributed by atoms with E-state index in [9.17, 15) is 0 Å². The smallest absolute Gasteiger partial charge is 0.0854 e. The van der Waals surface area contributed by atoms with Crippen molar-refractivity contribution in [2.45, 2.75) is 0 Å². The first kappa shape index (κ1) is 14.2. The molecule has 0 amide bonds. The molecule has 0 unspecified atom stereocenters. The third kappa shape index (κ3) is 13.2. The van der Waals surface area contributed by atoms with Crippen LogP contribution in [0.5, 0.6) is 0 Å². The van der Waals surface area contributed by atoms with Crippen LogP contribution in [-0.4, -0.2) is 52.7 Å². The first-order valence-electron chi connectivity index (χ1n) is 4.91. The average Bonchev–Trinajstić information content (AvgIpc) is 2.26. The molecule has 0 aliphatic carbocycles. The van der Waals surface area contributed by atoms with E-state index < -0.39 is 0 Å². The Hall–Kier alpha value is -0.760.